The molecule has 7 heteroatoms. The van der Waals surface area contributed by atoms with Gasteiger partial charge in [-0.3, -0.25) is 4.18 Å². The minimum absolute atomic E-state index is 0.0327. The zero-order valence-corrected chi connectivity index (χ0v) is 12.0. The Morgan fingerprint density at radius 3 is 2.63 bits per heavy atom. The van der Waals surface area contributed by atoms with Crippen LogP contribution in [-0.4, -0.2) is 25.7 Å². The summed E-state index contributed by atoms with van der Waals surface area (Å²) < 4.78 is 30.6. The highest BCUT2D eigenvalue weighted by Crippen LogP contribution is 2.27. The topological polar surface area (TPSA) is 75.6 Å². The van der Waals surface area contributed by atoms with Gasteiger partial charge < -0.3 is 5.11 Å². The Labute approximate surface area is 117 Å². The maximum Gasteiger partial charge on any atom is 0.336 e. The molecule has 0 radical (unpaired) electrons. The molecule has 1 saturated carbocycles. The van der Waals surface area contributed by atoms with Gasteiger partial charge in [0, 0.05) is 16.6 Å². The third kappa shape index (κ3) is 4.15. The van der Waals surface area contributed by atoms with Gasteiger partial charge in [0.15, 0.2) is 0 Å². The molecule has 0 amide bonds. The van der Waals surface area contributed by atoms with Crippen LogP contribution in [0.15, 0.2) is 24.3 Å². The van der Waals surface area contributed by atoms with E-state index in [-0.39, 0.29) is 6.04 Å². The van der Waals surface area contributed by atoms with Gasteiger partial charge in [0.2, 0.25) is 0 Å². The number of nitrogens with one attached hydrogen (secondary N) is 1. The van der Waals surface area contributed by atoms with Crippen molar-refractivity contribution in [3.05, 3.63) is 34.9 Å². The largest absolute Gasteiger partial charge is 0.386 e. The van der Waals surface area contributed by atoms with E-state index in [2.05, 4.69) is 4.72 Å². The summed E-state index contributed by atoms with van der Waals surface area (Å²) in [4.78, 5) is 0. The summed E-state index contributed by atoms with van der Waals surface area (Å²) in [6, 6.07) is 6.68. The lowest BCUT2D eigenvalue weighted by molar-refractivity contribution is 0.0497. The molecule has 2 N–H and O–H groups in total. The van der Waals surface area contributed by atoms with Gasteiger partial charge in [-0.25, -0.2) is 0 Å². The Bertz CT molecular complexity index is 544. The van der Waals surface area contributed by atoms with Crippen molar-refractivity contribution < 1.29 is 17.7 Å². The number of aliphatic hydroxyl groups is 1. The molecule has 1 fully saturated rings. The second kappa shape index (κ2) is 5.76. The van der Waals surface area contributed by atoms with Crippen LogP contribution in [0.3, 0.4) is 0 Å². The van der Waals surface area contributed by atoms with Crippen molar-refractivity contribution in [3.63, 3.8) is 0 Å². The van der Waals surface area contributed by atoms with Crippen LogP contribution in [0.25, 0.3) is 0 Å². The molecule has 106 valence electrons. The van der Waals surface area contributed by atoms with Crippen LogP contribution in [0.4, 0.5) is 0 Å². The van der Waals surface area contributed by atoms with Gasteiger partial charge in [-0.2, -0.15) is 13.1 Å². The Morgan fingerprint density at radius 1 is 1.42 bits per heavy atom. The summed E-state index contributed by atoms with van der Waals surface area (Å²) in [7, 11) is -3.84. The highest BCUT2D eigenvalue weighted by molar-refractivity contribution is 7.84. The molecule has 0 aromatic heterocycles. The van der Waals surface area contributed by atoms with Crippen molar-refractivity contribution >= 4 is 21.9 Å². The smallest absolute Gasteiger partial charge is 0.336 e. The van der Waals surface area contributed by atoms with E-state index in [4.69, 9.17) is 15.8 Å². The van der Waals surface area contributed by atoms with Crippen molar-refractivity contribution in [2.24, 2.45) is 0 Å². The van der Waals surface area contributed by atoms with Crippen molar-refractivity contribution in [2.75, 3.05) is 0 Å². The normalized spacial score (nSPS) is 19.1. The fraction of sp³-hybridized carbons (Fsp3) is 0.500. The molecule has 0 heterocycles. The first-order valence-corrected chi connectivity index (χ1v) is 7.81. The average Bonchev–Trinajstić information content (AvgIpc) is 3.11. The zero-order valence-electron chi connectivity index (χ0n) is 10.4. The average molecular weight is 306 g/mol. The molecule has 0 saturated heterocycles. The molecular formula is C12H16ClNO4S. The van der Waals surface area contributed by atoms with Crippen LogP contribution < -0.4 is 4.72 Å². The molecule has 1 aromatic carbocycles. The SMILES string of the molecule is C[C@H](OS(=O)(=O)NC1CC1)[C@@H](O)c1ccccc1Cl. The lowest BCUT2D eigenvalue weighted by Gasteiger charge is -2.20. The van der Waals surface area contributed by atoms with Crippen LogP contribution >= 0.6 is 11.6 Å². The molecule has 19 heavy (non-hydrogen) atoms. The van der Waals surface area contributed by atoms with Gasteiger partial charge in [-0.05, 0) is 25.8 Å². The van der Waals surface area contributed by atoms with Crippen LogP contribution in [0, 0.1) is 0 Å². The maximum atomic E-state index is 11.6. The van der Waals surface area contributed by atoms with Crippen LogP contribution in [0.5, 0.6) is 0 Å². The standard InChI is InChI=1S/C12H16ClNO4S/c1-8(18-19(16,17)14-9-6-7-9)12(15)10-4-2-3-5-11(10)13/h2-5,8-9,12,14-15H,6-7H2,1H3/t8-,12+/m0/s1. The first-order valence-electron chi connectivity index (χ1n) is 6.02. The van der Waals surface area contributed by atoms with E-state index >= 15 is 0 Å². The Morgan fingerprint density at radius 2 is 2.05 bits per heavy atom. The third-order valence-corrected chi connectivity index (χ3v) is 4.36. The van der Waals surface area contributed by atoms with Crippen molar-refractivity contribution in [1.82, 2.24) is 4.72 Å². The monoisotopic (exact) mass is 305 g/mol. The molecule has 5 nitrogen and oxygen atoms in total. The summed E-state index contributed by atoms with van der Waals surface area (Å²) in [5.41, 5.74) is 0.443. The van der Waals surface area contributed by atoms with E-state index in [1.807, 2.05) is 0 Å². The van der Waals surface area contributed by atoms with E-state index in [0.29, 0.717) is 10.6 Å². The fourth-order valence-corrected chi connectivity index (χ4v) is 3.11. The molecule has 0 spiro atoms. The summed E-state index contributed by atoms with van der Waals surface area (Å²) in [6.45, 7) is 1.49. The quantitative estimate of drug-likeness (QED) is 0.840. The second-order valence-corrected chi connectivity index (χ2v) is 6.36. The number of halogens is 1. The lowest BCUT2D eigenvalue weighted by Crippen LogP contribution is -2.33. The summed E-state index contributed by atoms with van der Waals surface area (Å²) in [5.74, 6) is 0. The second-order valence-electron chi connectivity index (χ2n) is 4.61. The number of hydrogen-bond donors (Lipinski definition) is 2. The van der Waals surface area contributed by atoms with Gasteiger partial charge >= 0.3 is 10.3 Å². The van der Waals surface area contributed by atoms with E-state index < -0.39 is 22.5 Å². The lowest BCUT2D eigenvalue weighted by atomic mass is 10.1. The number of benzene rings is 1. The van der Waals surface area contributed by atoms with E-state index in [1.165, 1.54) is 6.92 Å². The van der Waals surface area contributed by atoms with Gasteiger partial charge in [-0.1, -0.05) is 29.8 Å². The molecule has 1 aliphatic carbocycles. The van der Waals surface area contributed by atoms with E-state index in [0.717, 1.165) is 12.8 Å². The molecule has 2 atom stereocenters. The highest BCUT2D eigenvalue weighted by atomic mass is 35.5. The highest BCUT2D eigenvalue weighted by Gasteiger charge is 2.30. The van der Waals surface area contributed by atoms with Gasteiger partial charge in [-0.15, -0.1) is 0 Å². The van der Waals surface area contributed by atoms with Crippen LogP contribution in [-0.2, 0) is 14.5 Å². The van der Waals surface area contributed by atoms with Crippen LogP contribution in [0.1, 0.15) is 31.4 Å². The summed E-state index contributed by atoms with van der Waals surface area (Å²) in [5, 5.41) is 10.5. The zero-order chi connectivity index (χ0) is 14.0. The Balaban J connectivity index is 2.02. The van der Waals surface area contributed by atoms with Gasteiger partial charge in [0.05, 0.1) is 0 Å². The first kappa shape index (κ1) is 14.7. The Hall–Kier alpha value is -0.660. The van der Waals surface area contributed by atoms with Gasteiger partial charge in [0.1, 0.15) is 12.2 Å². The predicted octanol–water partition coefficient (Wildman–Crippen LogP) is 1.78. The molecule has 1 aromatic rings. The molecule has 0 bridgehead atoms. The fourth-order valence-electron chi connectivity index (χ4n) is 1.65. The number of aliphatic hydroxyl groups excluding tert-OH is 1. The van der Waals surface area contributed by atoms with E-state index in [9.17, 15) is 13.5 Å². The van der Waals surface area contributed by atoms with Crippen molar-refractivity contribution in [1.29, 1.82) is 0 Å². The molecule has 2 rings (SSSR count). The predicted molar refractivity (Wildman–Crippen MR) is 72.0 cm³/mol. The third-order valence-electron chi connectivity index (χ3n) is 2.84. The molecule has 0 aliphatic heterocycles. The van der Waals surface area contributed by atoms with Crippen LogP contribution in [0.2, 0.25) is 5.02 Å². The number of hydrogen-bond acceptors (Lipinski definition) is 4. The minimum atomic E-state index is -3.84. The van der Waals surface area contributed by atoms with Crippen molar-refractivity contribution in [3.8, 4) is 0 Å². The van der Waals surface area contributed by atoms with E-state index in [1.54, 1.807) is 24.3 Å². The Kier molecular flexibility index (Phi) is 4.47. The molecular weight excluding hydrogens is 290 g/mol. The van der Waals surface area contributed by atoms with Crippen molar-refractivity contribution in [2.45, 2.75) is 38.0 Å². The summed E-state index contributed by atoms with van der Waals surface area (Å²) >= 11 is 5.95. The number of rotatable bonds is 6. The molecule has 0 unspecified atom stereocenters. The maximum absolute atomic E-state index is 11.6. The first-order chi connectivity index (χ1) is 8.89. The summed E-state index contributed by atoms with van der Waals surface area (Å²) in [6.07, 6.45) is -0.380. The molecule has 1 aliphatic rings. The van der Waals surface area contributed by atoms with Gasteiger partial charge in [0.25, 0.3) is 0 Å². The minimum Gasteiger partial charge on any atom is -0.386 e.